The number of ether oxygens (including phenoxy) is 1. The summed E-state index contributed by atoms with van der Waals surface area (Å²) in [5, 5.41) is 9.25. The molecule has 0 unspecified atom stereocenters. The maximum Gasteiger partial charge on any atom is 0.329 e. The Balaban J connectivity index is 1.55. The van der Waals surface area contributed by atoms with Crippen molar-refractivity contribution in [2.24, 2.45) is 5.92 Å². The zero-order valence-electron chi connectivity index (χ0n) is 16.2. The monoisotopic (exact) mass is 410 g/mol. The Morgan fingerprint density at radius 2 is 1.76 bits per heavy atom. The molecular weight excluding hydrogens is 388 g/mol. The van der Waals surface area contributed by atoms with Crippen LogP contribution in [0.25, 0.3) is 10.8 Å². The van der Waals surface area contributed by atoms with E-state index in [-0.39, 0.29) is 11.8 Å². The van der Waals surface area contributed by atoms with Gasteiger partial charge in [-0.25, -0.2) is 4.79 Å². The second kappa shape index (κ2) is 9.34. The summed E-state index contributed by atoms with van der Waals surface area (Å²) in [6.45, 7) is 3.18. The number of thiophene rings is 1. The molecule has 2 N–H and O–H groups in total. The molecule has 150 valence electrons. The molecule has 6 nitrogen and oxygen atoms in total. The molecule has 0 spiro atoms. The number of carbonyl (C=O) groups is 3. The molecule has 0 aliphatic carbocycles. The highest BCUT2D eigenvalue weighted by Crippen LogP contribution is 2.18. The summed E-state index contributed by atoms with van der Waals surface area (Å²) < 4.78 is 5.14. The summed E-state index contributed by atoms with van der Waals surface area (Å²) in [6, 6.07) is 16.0. The molecule has 1 aromatic heterocycles. The molecule has 2 aromatic carbocycles. The Morgan fingerprint density at radius 1 is 1.00 bits per heavy atom. The summed E-state index contributed by atoms with van der Waals surface area (Å²) in [5.74, 6) is -1.61. The van der Waals surface area contributed by atoms with Crippen molar-refractivity contribution in [1.82, 2.24) is 5.32 Å². The number of anilines is 1. The Bertz CT molecular complexity index is 1010. The number of esters is 1. The molecular formula is C22H22N2O4S. The van der Waals surface area contributed by atoms with E-state index >= 15 is 0 Å². The maximum atomic E-state index is 12.4. The molecule has 3 rings (SSSR count). The number of nitrogens with one attached hydrogen (secondary N) is 2. The standard InChI is InChI=1S/C22H22N2O4S/c1-14(2)20(24-21(26)18-8-5-11-29-18)22(27)28-13-19(25)23-17-10-9-15-6-3-4-7-16(15)12-17/h3-12,14,20H,13H2,1-2H3,(H,23,25)(H,24,26)/t20-/m0/s1. The first-order valence-electron chi connectivity index (χ1n) is 9.23. The minimum absolute atomic E-state index is 0.185. The summed E-state index contributed by atoms with van der Waals surface area (Å²) in [6.07, 6.45) is 0. The van der Waals surface area contributed by atoms with Gasteiger partial charge in [0.05, 0.1) is 4.88 Å². The van der Waals surface area contributed by atoms with Crippen molar-refractivity contribution in [3.05, 3.63) is 64.9 Å². The van der Waals surface area contributed by atoms with Gasteiger partial charge in [0, 0.05) is 5.69 Å². The van der Waals surface area contributed by atoms with Gasteiger partial charge in [0.15, 0.2) is 6.61 Å². The van der Waals surface area contributed by atoms with Gasteiger partial charge in [0.25, 0.3) is 11.8 Å². The molecule has 0 fully saturated rings. The molecule has 0 saturated carbocycles. The van der Waals surface area contributed by atoms with Crippen LogP contribution in [0.5, 0.6) is 0 Å². The summed E-state index contributed by atoms with van der Waals surface area (Å²) >= 11 is 1.29. The molecule has 1 heterocycles. The van der Waals surface area contributed by atoms with Gasteiger partial charge in [-0.05, 0) is 40.3 Å². The Labute approximate surface area is 172 Å². The number of benzene rings is 2. The number of hydrogen-bond acceptors (Lipinski definition) is 5. The van der Waals surface area contributed by atoms with Gasteiger partial charge in [0.1, 0.15) is 6.04 Å². The maximum absolute atomic E-state index is 12.4. The van der Waals surface area contributed by atoms with E-state index in [4.69, 9.17) is 4.74 Å². The van der Waals surface area contributed by atoms with Crippen molar-refractivity contribution < 1.29 is 19.1 Å². The Hall–Kier alpha value is -3.19. The normalized spacial score (nSPS) is 11.8. The summed E-state index contributed by atoms with van der Waals surface area (Å²) in [7, 11) is 0. The predicted octanol–water partition coefficient (Wildman–Crippen LogP) is 3.84. The average Bonchev–Trinajstić information content (AvgIpc) is 3.25. The lowest BCUT2D eigenvalue weighted by molar-refractivity contribution is -0.150. The molecule has 0 radical (unpaired) electrons. The second-order valence-electron chi connectivity index (χ2n) is 6.89. The molecule has 1 atom stereocenters. The van der Waals surface area contributed by atoms with Crippen molar-refractivity contribution in [3.63, 3.8) is 0 Å². The molecule has 7 heteroatoms. The Kier molecular flexibility index (Phi) is 6.61. The van der Waals surface area contributed by atoms with Crippen LogP contribution in [0, 0.1) is 5.92 Å². The van der Waals surface area contributed by atoms with E-state index in [0.29, 0.717) is 10.6 Å². The predicted molar refractivity (Wildman–Crippen MR) is 114 cm³/mol. The largest absolute Gasteiger partial charge is 0.454 e. The fourth-order valence-electron chi connectivity index (χ4n) is 2.81. The van der Waals surface area contributed by atoms with E-state index in [1.165, 1.54) is 11.3 Å². The zero-order valence-corrected chi connectivity index (χ0v) is 17.0. The van der Waals surface area contributed by atoms with E-state index in [1.54, 1.807) is 37.4 Å². The number of fused-ring (bicyclic) bond motifs is 1. The van der Waals surface area contributed by atoms with E-state index in [0.717, 1.165) is 10.8 Å². The first-order chi connectivity index (χ1) is 13.9. The number of rotatable bonds is 7. The van der Waals surface area contributed by atoms with Gasteiger partial charge in [0.2, 0.25) is 0 Å². The molecule has 29 heavy (non-hydrogen) atoms. The second-order valence-corrected chi connectivity index (χ2v) is 7.84. The fraction of sp³-hybridized carbons (Fsp3) is 0.227. The van der Waals surface area contributed by atoms with Crippen molar-refractivity contribution in [3.8, 4) is 0 Å². The van der Waals surface area contributed by atoms with Crippen LogP contribution in [0.2, 0.25) is 0 Å². The van der Waals surface area contributed by atoms with Gasteiger partial charge in [-0.2, -0.15) is 0 Å². The van der Waals surface area contributed by atoms with Crippen LogP contribution in [-0.2, 0) is 14.3 Å². The van der Waals surface area contributed by atoms with Crippen molar-refractivity contribution in [1.29, 1.82) is 0 Å². The van der Waals surface area contributed by atoms with Crippen LogP contribution in [0.3, 0.4) is 0 Å². The van der Waals surface area contributed by atoms with E-state index in [9.17, 15) is 14.4 Å². The van der Waals surface area contributed by atoms with Gasteiger partial charge in [-0.3, -0.25) is 9.59 Å². The highest BCUT2D eigenvalue weighted by atomic mass is 32.1. The average molecular weight is 410 g/mol. The minimum Gasteiger partial charge on any atom is -0.454 e. The number of amides is 2. The van der Waals surface area contributed by atoms with Crippen LogP contribution >= 0.6 is 11.3 Å². The fourth-order valence-corrected chi connectivity index (χ4v) is 3.44. The molecule has 0 aliphatic rings. The third kappa shape index (κ3) is 5.42. The zero-order chi connectivity index (χ0) is 20.8. The van der Waals surface area contributed by atoms with Crippen molar-refractivity contribution in [2.75, 3.05) is 11.9 Å². The Morgan fingerprint density at radius 3 is 2.45 bits per heavy atom. The van der Waals surface area contributed by atoms with Crippen LogP contribution < -0.4 is 10.6 Å². The molecule has 0 saturated heterocycles. The lowest BCUT2D eigenvalue weighted by atomic mass is 10.0. The van der Waals surface area contributed by atoms with Gasteiger partial charge >= 0.3 is 5.97 Å². The van der Waals surface area contributed by atoms with Gasteiger partial charge in [-0.1, -0.05) is 50.2 Å². The number of hydrogen-bond donors (Lipinski definition) is 2. The quantitative estimate of drug-likeness (QED) is 0.580. The molecule has 3 aromatic rings. The number of carbonyl (C=O) groups excluding carboxylic acids is 3. The van der Waals surface area contributed by atoms with Crippen LogP contribution in [-0.4, -0.2) is 30.4 Å². The smallest absolute Gasteiger partial charge is 0.329 e. The summed E-state index contributed by atoms with van der Waals surface area (Å²) in [5.41, 5.74) is 0.621. The lowest BCUT2D eigenvalue weighted by Gasteiger charge is -2.20. The van der Waals surface area contributed by atoms with Crippen molar-refractivity contribution >= 4 is 45.6 Å². The third-order valence-electron chi connectivity index (χ3n) is 4.33. The molecule has 0 bridgehead atoms. The first-order valence-corrected chi connectivity index (χ1v) is 10.1. The molecule has 2 amide bonds. The molecule has 0 aliphatic heterocycles. The summed E-state index contributed by atoms with van der Waals surface area (Å²) in [4.78, 5) is 37.3. The van der Waals surface area contributed by atoms with E-state index in [2.05, 4.69) is 10.6 Å². The van der Waals surface area contributed by atoms with Crippen molar-refractivity contribution in [2.45, 2.75) is 19.9 Å². The third-order valence-corrected chi connectivity index (χ3v) is 5.20. The highest BCUT2D eigenvalue weighted by molar-refractivity contribution is 7.12. The topological polar surface area (TPSA) is 84.5 Å². The van der Waals surface area contributed by atoms with Crippen LogP contribution in [0.1, 0.15) is 23.5 Å². The van der Waals surface area contributed by atoms with Gasteiger partial charge < -0.3 is 15.4 Å². The van der Waals surface area contributed by atoms with Crippen LogP contribution in [0.4, 0.5) is 5.69 Å². The SMILES string of the molecule is CC(C)[C@H](NC(=O)c1cccs1)C(=O)OCC(=O)Nc1ccc2ccccc2c1. The lowest BCUT2D eigenvalue weighted by Crippen LogP contribution is -2.45. The first kappa shape index (κ1) is 20.5. The van der Waals surface area contributed by atoms with E-state index in [1.807, 2.05) is 36.4 Å². The highest BCUT2D eigenvalue weighted by Gasteiger charge is 2.27. The van der Waals surface area contributed by atoms with Gasteiger partial charge in [-0.15, -0.1) is 11.3 Å². The minimum atomic E-state index is -0.835. The van der Waals surface area contributed by atoms with Crippen LogP contribution in [0.15, 0.2) is 60.0 Å². The van der Waals surface area contributed by atoms with E-state index < -0.39 is 24.5 Å².